The van der Waals surface area contributed by atoms with Gasteiger partial charge in [-0.2, -0.15) is 0 Å². The van der Waals surface area contributed by atoms with Crippen molar-refractivity contribution in [3.8, 4) is 5.75 Å². The molecule has 6 nitrogen and oxygen atoms in total. The molecule has 0 saturated carbocycles. The van der Waals surface area contributed by atoms with Crippen LogP contribution in [0.15, 0.2) is 78.9 Å². The van der Waals surface area contributed by atoms with Crippen LogP contribution in [0, 0.1) is 0 Å². The number of esters is 1. The standard InChI is InChI=1S/C27H26ClNO5/c1-3-33-23-14-12-22(13-15-23)29-24(17-25(30)19-8-5-4-6-9-19)27(32)34-18(2)26(31)20-10-7-11-21(28)16-20/h4-16,18,24,29H,3,17H2,1-2H3. The first kappa shape index (κ1) is 25.0. The number of ketones is 2. The van der Waals surface area contributed by atoms with Gasteiger partial charge in [-0.3, -0.25) is 9.59 Å². The molecule has 1 N–H and O–H groups in total. The average molecular weight is 480 g/mol. The van der Waals surface area contributed by atoms with E-state index in [4.69, 9.17) is 21.1 Å². The summed E-state index contributed by atoms with van der Waals surface area (Å²) in [4.78, 5) is 38.6. The minimum absolute atomic E-state index is 0.145. The summed E-state index contributed by atoms with van der Waals surface area (Å²) >= 11 is 5.97. The van der Waals surface area contributed by atoms with Crippen molar-refractivity contribution in [1.82, 2.24) is 0 Å². The SMILES string of the molecule is CCOc1ccc(NC(CC(=O)c2ccccc2)C(=O)OC(C)C(=O)c2cccc(Cl)c2)cc1. The lowest BCUT2D eigenvalue weighted by atomic mass is 10.0. The minimum atomic E-state index is -1.05. The molecular weight excluding hydrogens is 454 g/mol. The number of carbonyl (C=O) groups excluding carboxylic acids is 3. The zero-order valence-corrected chi connectivity index (χ0v) is 19.7. The van der Waals surface area contributed by atoms with E-state index >= 15 is 0 Å². The fourth-order valence-electron chi connectivity index (χ4n) is 3.32. The molecule has 0 saturated heterocycles. The number of halogens is 1. The lowest BCUT2D eigenvalue weighted by Gasteiger charge is -2.21. The molecule has 3 rings (SSSR count). The van der Waals surface area contributed by atoms with Crippen LogP contribution in [-0.2, 0) is 9.53 Å². The molecule has 0 radical (unpaired) electrons. The monoisotopic (exact) mass is 479 g/mol. The highest BCUT2D eigenvalue weighted by Crippen LogP contribution is 2.19. The predicted molar refractivity (Wildman–Crippen MR) is 132 cm³/mol. The summed E-state index contributed by atoms with van der Waals surface area (Å²) in [5.74, 6) is -0.630. The maximum absolute atomic E-state index is 13.1. The number of anilines is 1. The highest BCUT2D eigenvalue weighted by atomic mass is 35.5. The number of carbonyl (C=O) groups is 3. The number of nitrogens with one attached hydrogen (secondary N) is 1. The third-order valence-electron chi connectivity index (χ3n) is 5.05. The Morgan fingerprint density at radius 1 is 0.912 bits per heavy atom. The summed E-state index contributed by atoms with van der Waals surface area (Å²) in [6, 6.07) is 21.1. The van der Waals surface area contributed by atoms with Gasteiger partial charge in [0.15, 0.2) is 11.9 Å². The third-order valence-corrected chi connectivity index (χ3v) is 5.28. The first-order valence-electron chi connectivity index (χ1n) is 10.9. The Labute approximate surface area is 203 Å². The zero-order valence-electron chi connectivity index (χ0n) is 19.0. The van der Waals surface area contributed by atoms with E-state index in [2.05, 4.69) is 5.32 Å². The van der Waals surface area contributed by atoms with Crippen molar-refractivity contribution < 1.29 is 23.9 Å². The maximum Gasteiger partial charge on any atom is 0.329 e. The number of benzene rings is 3. The first-order valence-corrected chi connectivity index (χ1v) is 11.3. The van der Waals surface area contributed by atoms with Crippen LogP contribution < -0.4 is 10.1 Å². The van der Waals surface area contributed by atoms with Crippen molar-refractivity contribution >= 4 is 34.8 Å². The van der Waals surface area contributed by atoms with Crippen LogP contribution in [-0.4, -0.2) is 36.3 Å². The van der Waals surface area contributed by atoms with Gasteiger partial charge < -0.3 is 14.8 Å². The maximum atomic E-state index is 13.1. The van der Waals surface area contributed by atoms with Gasteiger partial charge in [-0.05, 0) is 50.2 Å². The van der Waals surface area contributed by atoms with Crippen molar-refractivity contribution in [2.75, 3.05) is 11.9 Å². The Hall–Kier alpha value is -3.64. The quantitative estimate of drug-likeness (QED) is 0.284. The smallest absolute Gasteiger partial charge is 0.329 e. The van der Waals surface area contributed by atoms with Gasteiger partial charge in [-0.1, -0.05) is 54.1 Å². The molecule has 0 aromatic heterocycles. The zero-order chi connectivity index (χ0) is 24.5. The normalized spacial score (nSPS) is 12.3. The molecule has 3 aromatic rings. The molecule has 0 heterocycles. The number of ether oxygens (including phenoxy) is 2. The van der Waals surface area contributed by atoms with Crippen molar-refractivity contribution in [1.29, 1.82) is 0 Å². The topological polar surface area (TPSA) is 81.7 Å². The summed E-state index contributed by atoms with van der Waals surface area (Å²) in [5.41, 5.74) is 1.43. The minimum Gasteiger partial charge on any atom is -0.494 e. The third kappa shape index (κ3) is 6.93. The van der Waals surface area contributed by atoms with Gasteiger partial charge in [0.1, 0.15) is 11.8 Å². The Morgan fingerprint density at radius 3 is 2.24 bits per heavy atom. The summed E-state index contributed by atoms with van der Waals surface area (Å²) in [6.07, 6.45) is -1.20. The molecule has 0 fully saturated rings. The molecule has 0 bridgehead atoms. The Bertz CT molecular complexity index is 1130. The number of hydrogen-bond donors (Lipinski definition) is 1. The van der Waals surface area contributed by atoms with E-state index in [0.717, 1.165) is 0 Å². The Kier molecular flexibility index (Phi) is 8.82. The molecule has 3 aromatic carbocycles. The molecule has 7 heteroatoms. The molecule has 0 spiro atoms. The summed E-state index contributed by atoms with van der Waals surface area (Å²) in [7, 11) is 0. The molecule has 0 aliphatic heterocycles. The summed E-state index contributed by atoms with van der Waals surface area (Å²) in [5, 5.41) is 3.47. The van der Waals surface area contributed by atoms with E-state index in [1.807, 2.05) is 13.0 Å². The highest BCUT2D eigenvalue weighted by Gasteiger charge is 2.28. The number of rotatable bonds is 11. The van der Waals surface area contributed by atoms with Gasteiger partial charge in [0, 0.05) is 28.3 Å². The van der Waals surface area contributed by atoms with E-state index in [1.165, 1.54) is 13.0 Å². The molecule has 2 unspecified atom stereocenters. The van der Waals surface area contributed by atoms with Crippen LogP contribution >= 0.6 is 11.6 Å². The summed E-state index contributed by atoms with van der Waals surface area (Å²) < 4.78 is 10.9. The second-order valence-corrected chi connectivity index (χ2v) is 8.04. The van der Waals surface area contributed by atoms with Crippen LogP contribution in [0.25, 0.3) is 0 Å². The molecule has 2 atom stereocenters. The Morgan fingerprint density at radius 2 is 1.59 bits per heavy atom. The molecular formula is C27H26ClNO5. The van der Waals surface area contributed by atoms with Crippen LogP contribution in [0.5, 0.6) is 5.75 Å². The molecule has 0 aliphatic carbocycles. The average Bonchev–Trinajstić information content (AvgIpc) is 2.84. The van der Waals surface area contributed by atoms with Crippen molar-refractivity contribution in [3.05, 3.63) is 95.0 Å². The largest absolute Gasteiger partial charge is 0.494 e. The van der Waals surface area contributed by atoms with Crippen molar-refractivity contribution in [2.45, 2.75) is 32.4 Å². The van der Waals surface area contributed by atoms with Gasteiger partial charge >= 0.3 is 5.97 Å². The molecule has 34 heavy (non-hydrogen) atoms. The van der Waals surface area contributed by atoms with Gasteiger partial charge in [0.25, 0.3) is 0 Å². The second kappa shape index (κ2) is 12.0. The van der Waals surface area contributed by atoms with Gasteiger partial charge in [0.2, 0.25) is 5.78 Å². The second-order valence-electron chi connectivity index (χ2n) is 7.60. The van der Waals surface area contributed by atoms with Gasteiger partial charge in [-0.15, -0.1) is 0 Å². The fraction of sp³-hybridized carbons (Fsp3) is 0.222. The van der Waals surface area contributed by atoms with Crippen LogP contribution in [0.1, 0.15) is 41.0 Å². The summed E-state index contributed by atoms with van der Waals surface area (Å²) in [6.45, 7) is 3.92. The van der Waals surface area contributed by atoms with Crippen molar-refractivity contribution in [2.24, 2.45) is 0 Å². The van der Waals surface area contributed by atoms with E-state index in [1.54, 1.807) is 66.7 Å². The van der Waals surface area contributed by atoms with Gasteiger partial charge in [0.05, 0.1) is 6.61 Å². The Balaban J connectivity index is 1.76. The van der Waals surface area contributed by atoms with E-state index in [0.29, 0.717) is 34.2 Å². The molecule has 176 valence electrons. The number of Topliss-reactive ketones (excluding diaryl/α,β-unsaturated/α-hetero) is 2. The predicted octanol–water partition coefficient (Wildman–Crippen LogP) is 5.61. The molecule has 0 aliphatic rings. The van der Waals surface area contributed by atoms with Crippen molar-refractivity contribution in [3.63, 3.8) is 0 Å². The van der Waals surface area contributed by atoms with E-state index in [-0.39, 0.29) is 18.0 Å². The first-order chi connectivity index (χ1) is 16.4. The fourth-order valence-corrected chi connectivity index (χ4v) is 3.51. The van der Waals surface area contributed by atoms with Crippen LogP contribution in [0.4, 0.5) is 5.69 Å². The van der Waals surface area contributed by atoms with E-state index in [9.17, 15) is 14.4 Å². The molecule has 0 amide bonds. The lowest BCUT2D eigenvalue weighted by molar-refractivity contribution is -0.147. The van der Waals surface area contributed by atoms with E-state index < -0.39 is 18.1 Å². The van der Waals surface area contributed by atoms with Crippen LogP contribution in [0.3, 0.4) is 0 Å². The van der Waals surface area contributed by atoms with Gasteiger partial charge in [-0.25, -0.2) is 4.79 Å². The lowest BCUT2D eigenvalue weighted by Crippen LogP contribution is -2.37. The number of hydrogen-bond acceptors (Lipinski definition) is 6. The highest BCUT2D eigenvalue weighted by molar-refractivity contribution is 6.31. The van der Waals surface area contributed by atoms with Crippen LogP contribution in [0.2, 0.25) is 5.02 Å².